The fourth-order valence-corrected chi connectivity index (χ4v) is 3.67. The van der Waals surface area contributed by atoms with Gasteiger partial charge in [0.2, 0.25) is 5.75 Å². The number of benzene rings is 2. The Balaban J connectivity index is 1.80. The van der Waals surface area contributed by atoms with Crippen molar-refractivity contribution in [2.24, 2.45) is 0 Å². The second kappa shape index (κ2) is 8.28. The number of methoxy groups -OCH3 is 1. The molecule has 0 spiro atoms. The van der Waals surface area contributed by atoms with Crippen molar-refractivity contribution in [2.45, 2.75) is 20.0 Å². The number of hydrogen-bond donors (Lipinski definition) is 2. The van der Waals surface area contributed by atoms with E-state index in [9.17, 15) is 9.90 Å². The lowest BCUT2D eigenvalue weighted by molar-refractivity contribution is 0.229. The Morgan fingerprint density at radius 1 is 1.13 bits per heavy atom. The number of nitrogens with one attached hydrogen (secondary N) is 1. The molecule has 1 fully saturated rings. The second-order valence-electron chi connectivity index (χ2n) is 7.56. The summed E-state index contributed by atoms with van der Waals surface area (Å²) in [5.74, 6) is 0.813. The third-order valence-corrected chi connectivity index (χ3v) is 5.11. The van der Waals surface area contributed by atoms with E-state index in [2.05, 4.69) is 10.2 Å². The van der Waals surface area contributed by atoms with Crippen LogP contribution in [0.5, 0.6) is 17.2 Å². The molecule has 7 heteroatoms. The molecule has 0 saturated carbocycles. The Morgan fingerprint density at radius 3 is 2.47 bits per heavy atom. The molecule has 1 aliphatic rings. The molecule has 0 atom stereocenters. The Labute approximate surface area is 174 Å². The number of nitrogens with zero attached hydrogens (tertiary/aromatic N) is 1. The summed E-state index contributed by atoms with van der Waals surface area (Å²) in [7, 11) is 1.48. The Bertz CT molecular complexity index is 1100. The quantitative estimate of drug-likeness (QED) is 0.667. The summed E-state index contributed by atoms with van der Waals surface area (Å²) < 4.78 is 17.3. The first-order chi connectivity index (χ1) is 14.5. The monoisotopic (exact) mass is 410 g/mol. The summed E-state index contributed by atoms with van der Waals surface area (Å²) in [5.41, 5.74) is 1.73. The Hall–Kier alpha value is -3.19. The van der Waals surface area contributed by atoms with Crippen LogP contribution in [0.2, 0.25) is 0 Å². The van der Waals surface area contributed by atoms with Crippen LogP contribution in [0.15, 0.2) is 45.6 Å². The zero-order valence-electron chi connectivity index (χ0n) is 17.4. The number of phenols is 1. The van der Waals surface area contributed by atoms with Crippen LogP contribution in [0.4, 0.5) is 5.69 Å². The van der Waals surface area contributed by atoms with Crippen LogP contribution in [-0.4, -0.2) is 44.5 Å². The molecular weight excluding hydrogens is 384 g/mol. The summed E-state index contributed by atoms with van der Waals surface area (Å²) in [5, 5.41) is 13.8. The van der Waals surface area contributed by atoms with Gasteiger partial charge in [0.15, 0.2) is 16.8 Å². The molecule has 0 amide bonds. The van der Waals surface area contributed by atoms with Gasteiger partial charge in [-0.05, 0) is 38.1 Å². The van der Waals surface area contributed by atoms with Gasteiger partial charge in [0.25, 0.3) is 0 Å². The molecule has 158 valence electrons. The third kappa shape index (κ3) is 3.80. The van der Waals surface area contributed by atoms with E-state index in [0.29, 0.717) is 17.3 Å². The minimum atomic E-state index is -0.341. The van der Waals surface area contributed by atoms with Gasteiger partial charge in [-0.15, -0.1) is 0 Å². The lowest BCUT2D eigenvalue weighted by Gasteiger charge is -2.29. The van der Waals surface area contributed by atoms with E-state index in [0.717, 1.165) is 37.4 Å². The predicted octanol–water partition coefficient (Wildman–Crippen LogP) is 3.37. The molecule has 4 rings (SSSR count). The Morgan fingerprint density at radius 2 is 1.83 bits per heavy atom. The van der Waals surface area contributed by atoms with Gasteiger partial charge < -0.3 is 29.2 Å². The topological polar surface area (TPSA) is 84.2 Å². The van der Waals surface area contributed by atoms with Gasteiger partial charge in [-0.3, -0.25) is 4.79 Å². The minimum Gasteiger partial charge on any atom is -0.507 e. The first-order valence-corrected chi connectivity index (χ1v) is 10.1. The zero-order chi connectivity index (χ0) is 21.3. The SMILES string of the molecule is COc1cc(O)c2c(=O)cc(-c3ccc(N4CCNCC4)cc3)oc2c1OC(C)C. The van der Waals surface area contributed by atoms with Crippen LogP contribution < -0.4 is 25.1 Å². The van der Waals surface area contributed by atoms with Crippen molar-refractivity contribution < 1.29 is 19.0 Å². The second-order valence-corrected chi connectivity index (χ2v) is 7.56. The molecule has 3 aromatic rings. The van der Waals surface area contributed by atoms with Gasteiger partial charge in [0.1, 0.15) is 16.9 Å². The number of hydrogen-bond acceptors (Lipinski definition) is 7. The van der Waals surface area contributed by atoms with Crippen molar-refractivity contribution >= 4 is 16.7 Å². The smallest absolute Gasteiger partial charge is 0.205 e. The molecule has 0 unspecified atom stereocenters. The van der Waals surface area contributed by atoms with Crippen LogP contribution in [0.1, 0.15) is 13.8 Å². The first kappa shape index (κ1) is 20.1. The van der Waals surface area contributed by atoms with E-state index in [1.54, 1.807) is 0 Å². The highest BCUT2D eigenvalue weighted by Gasteiger charge is 2.21. The van der Waals surface area contributed by atoms with Crippen LogP contribution in [0.3, 0.4) is 0 Å². The molecule has 0 aliphatic carbocycles. The Kier molecular flexibility index (Phi) is 5.55. The van der Waals surface area contributed by atoms with Crippen molar-refractivity contribution in [1.82, 2.24) is 5.32 Å². The van der Waals surface area contributed by atoms with Crippen molar-refractivity contribution in [3.8, 4) is 28.6 Å². The number of ether oxygens (including phenoxy) is 2. The van der Waals surface area contributed by atoms with E-state index in [1.807, 2.05) is 38.1 Å². The summed E-state index contributed by atoms with van der Waals surface area (Å²) in [4.78, 5) is 15.1. The molecule has 0 radical (unpaired) electrons. The number of aromatic hydroxyl groups is 1. The molecule has 1 aromatic heterocycles. The van der Waals surface area contributed by atoms with Crippen LogP contribution >= 0.6 is 0 Å². The van der Waals surface area contributed by atoms with Crippen LogP contribution in [0, 0.1) is 0 Å². The van der Waals surface area contributed by atoms with Gasteiger partial charge in [-0.25, -0.2) is 0 Å². The number of piperazine rings is 1. The van der Waals surface area contributed by atoms with E-state index in [4.69, 9.17) is 13.9 Å². The lowest BCUT2D eigenvalue weighted by Crippen LogP contribution is -2.43. The first-order valence-electron chi connectivity index (χ1n) is 10.1. The summed E-state index contributed by atoms with van der Waals surface area (Å²) in [6.07, 6.45) is -0.168. The van der Waals surface area contributed by atoms with Crippen molar-refractivity contribution in [2.75, 3.05) is 38.2 Å². The molecule has 30 heavy (non-hydrogen) atoms. The van der Waals surface area contributed by atoms with Crippen molar-refractivity contribution in [1.29, 1.82) is 0 Å². The van der Waals surface area contributed by atoms with E-state index < -0.39 is 0 Å². The maximum Gasteiger partial charge on any atom is 0.205 e. The standard InChI is InChI=1S/C23H26N2O5/c1-14(2)29-22-20(28-3)13-18(27)21-17(26)12-19(30-23(21)22)15-4-6-16(7-5-15)25-10-8-24-9-11-25/h4-7,12-14,24,27H,8-11H2,1-3H3. The minimum absolute atomic E-state index is 0.0765. The molecule has 0 bridgehead atoms. The number of phenolic OH excluding ortho intramolecular Hbond substituents is 1. The van der Waals surface area contributed by atoms with Gasteiger partial charge >= 0.3 is 0 Å². The van der Waals surface area contributed by atoms with Gasteiger partial charge in [0, 0.05) is 49.6 Å². The highest BCUT2D eigenvalue weighted by molar-refractivity contribution is 5.91. The third-order valence-electron chi connectivity index (χ3n) is 5.11. The van der Waals surface area contributed by atoms with Crippen LogP contribution in [0.25, 0.3) is 22.3 Å². The zero-order valence-corrected chi connectivity index (χ0v) is 17.4. The van der Waals surface area contributed by atoms with Gasteiger partial charge in [0.05, 0.1) is 13.2 Å². The summed E-state index contributed by atoms with van der Waals surface area (Å²) >= 11 is 0. The largest absolute Gasteiger partial charge is 0.507 e. The number of anilines is 1. The van der Waals surface area contributed by atoms with E-state index in [-0.39, 0.29) is 28.3 Å². The summed E-state index contributed by atoms with van der Waals surface area (Å²) in [6.45, 7) is 7.58. The molecule has 2 heterocycles. The maximum absolute atomic E-state index is 12.8. The molecule has 2 aromatic carbocycles. The molecule has 2 N–H and O–H groups in total. The van der Waals surface area contributed by atoms with Crippen LogP contribution in [-0.2, 0) is 0 Å². The average molecular weight is 410 g/mol. The molecule has 7 nitrogen and oxygen atoms in total. The van der Waals surface area contributed by atoms with Gasteiger partial charge in [-0.2, -0.15) is 0 Å². The van der Waals surface area contributed by atoms with Gasteiger partial charge in [-0.1, -0.05) is 0 Å². The fourth-order valence-electron chi connectivity index (χ4n) is 3.67. The molecule has 1 aliphatic heterocycles. The lowest BCUT2D eigenvalue weighted by atomic mass is 10.1. The number of rotatable bonds is 5. The predicted molar refractivity (Wildman–Crippen MR) is 117 cm³/mol. The van der Waals surface area contributed by atoms with E-state index in [1.165, 1.54) is 19.2 Å². The highest BCUT2D eigenvalue weighted by Crippen LogP contribution is 2.41. The number of fused-ring (bicyclic) bond motifs is 1. The maximum atomic E-state index is 12.8. The van der Waals surface area contributed by atoms with E-state index >= 15 is 0 Å². The fraction of sp³-hybridized carbons (Fsp3) is 0.348. The van der Waals surface area contributed by atoms with Crippen molar-refractivity contribution in [3.05, 3.63) is 46.6 Å². The highest BCUT2D eigenvalue weighted by atomic mass is 16.5. The average Bonchev–Trinajstić information content (AvgIpc) is 2.75. The van der Waals surface area contributed by atoms with Crippen molar-refractivity contribution in [3.63, 3.8) is 0 Å². The normalized spacial score (nSPS) is 14.3. The summed E-state index contributed by atoms with van der Waals surface area (Å²) in [6, 6.07) is 10.7. The molecule has 1 saturated heterocycles. The molecular formula is C23H26N2O5.